The third-order valence-corrected chi connectivity index (χ3v) is 6.21. The Kier molecular flexibility index (Phi) is 5.76. The maximum Gasteiger partial charge on any atom is 0.417 e. The van der Waals surface area contributed by atoms with Crippen LogP contribution in [0.5, 0.6) is 0 Å². The monoisotopic (exact) mass is 511 g/mol. The molecule has 0 spiro atoms. The number of aromatic amines is 1. The lowest BCUT2D eigenvalue weighted by Gasteiger charge is -2.24. The molecule has 7 nitrogen and oxygen atoms in total. The van der Waals surface area contributed by atoms with Gasteiger partial charge >= 0.3 is 6.18 Å². The van der Waals surface area contributed by atoms with Crippen LogP contribution in [0.3, 0.4) is 0 Å². The highest BCUT2D eigenvalue weighted by Crippen LogP contribution is 2.38. The summed E-state index contributed by atoms with van der Waals surface area (Å²) < 4.78 is 42.7. The fourth-order valence-electron chi connectivity index (χ4n) is 4.27. The van der Waals surface area contributed by atoms with E-state index < -0.39 is 28.7 Å². The van der Waals surface area contributed by atoms with Crippen molar-refractivity contribution < 1.29 is 13.2 Å². The molecule has 182 valence electrons. The zero-order chi connectivity index (χ0) is 25.6. The molecule has 2 aromatic carbocycles. The summed E-state index contributed by atoms with van der Waals surface area (Å²) in [4.78, 5) is 37.3. The van der Waals surface area contributed by atoms with Gasteiger partial charge in [-0.2, -0.15) is 13.2 Å². The minimum atomic E-state index is -4.76. The number of halogens is 4. The summed E-state index contributed by atoms with van der Waals surface area (Å²) in [5, 5.41) is 2.69. The molecular formula is C25H17ClF3N5O2. The van der Waals surface area contributed by atoms with E-state index in [0.717, 1.165) is 10.6 Å². The molecule has 2 N–H and O–H groups in total. The number of para-hydroxylation sites is 1. The van der Waals surface area contributed by atoms with Gasteiger partial charge in [0.2, 0.25) is 0 Å². The van der Waals surface area contributed by atoms with Gasteiger partial charge in [-0.25, -0.2) is 9.97 Å². The van der Waals surface area contributed by atoms with Crippen molar-refractivity contribution in [3.05, 3.63) is 104 Å². The van der Waals surface area contributed by atoms with Crippen LogP contribution in [0.1, 0.15) is 24.2 Å². The molecule has 0 aliphatic rings. The fourth-order valence-corrected chi connectivity index (χ4v) is 4.67. The zero-order valence-electron chi connectivity index (χ0n) is 18.6. The minimum Gasteiger partial charge on any atom is -0.361 e. The predicted molar refractivity (Wildman–Crippen MR) is 132 cm³/mol. The van der Waals surface area contributed by atoms with Gasteiger partial charge < -0.3 is 10.3 Å². The molecule has 0 saturated heterocycles. The fraction of sp³-hybridized carbons (Fsp3) is 0.120. The van der Waals surface area contributed by atoms with Gasteiger partial charge in [-0.05, 0) is 25.1 Å². The first kappa shape index (κ1) is 23.6. The predicted octanol–water partition coefficient (Wildman–Crippen LogP) is 5.47. The van der Waals surface area contributed by atoms with Gasteiger partial charge in [-0.15, -0.1) is 0 Å². The highest BCUT2D eigenvalue weighted by atomic mass is 35.5. The normalized spacial score (nSPS) is 12.7. The molecule has 0 bridgehead atoms. The van der Waals surface area contributed by atoms with Gasteiger partial charge in [-0.3, -0.25) is 14.2 Å². The van der Waals surface area contributed by atoms with E-state index >= 15 is 0 Å². The topological polar surface area (TPSA) is 92.7 Å². The average molecular weight is 512 g/mol. The van der Waals surface area contributed by atoms with Crippen molar-refractivity contribution in [2.45, 2.75) is 19.1 Å². The summed E-state index contributed by atoms with van der Waals surface area (Å²) in [7, 11) is 0. The minimum absolute atomic E-state index is 0.0299. The first-order valence-electron chi connectivity index (χ1n) is 10.8. The second kappa shape index (κ2) is 8.80. The average Bonchev–Trinajstić information content (AvgIpc) is 2.85. The maximum atomic E-state index is 13.8. The van der Waals surface area contributed by atoms with Crippen LogP contribution in [0.2, 0.25) is 5.02 Å². The number of hydrogen-bond acceptors (Lipinski definition) is 5. The number of hydrogen-bond donors (Lipinski definition) is 2. The molecule has 11 heteroatoms. The SMILES string of the molecule is C[C@H](Nc1ncnc2[nH]ccc(=O)c12)c1c(Cl)c2cccc(C(F)(F)F)c2c(=O)n1-c1ccccc1. The van der Waals surface area contributed by atoms with Crippen molar-refractivity contribution in [3.63, 3.8) is 0 Å². The summed E-state index contributed by atoms with van der Waals surface area (Å²) in [6, 6.07) is 12.2. The van der Waals surface area contributed by atoms with Gasteiger partial charge in [0.05, 0.1) is 27.7 Å². The first-order chi connectivity index (χ1) is 17.2. The summed E-state index contributed by atoms with van der Waals surface area (Å²) in [5.74, 6) is 0.182. The number of pyridine rings is 2. The molecule has 36 heavy (non-hydrogen) atoms. The Morgan fingerprint density at radius 3 is 2.47 bits per heavy atom. The van der Waals surface area contributed by atoms with Gasteiger partial charge in [-0.1, -0.05) is 41.9 Å². The Balaban J connectivity index is 1.80. The van der Waals surface area contributed by atoms with Crippen molar-refractivity contribution in [2.24, 2.45) is 0 Å². The second-order valence-corrected chi connectivity index (χ2v) is 8.43. The van der Waals surface area contributed by atoms with E-state index in [4.69, 9.17) is 11.6 Å². The van der Waals surface area contributed by atoms with Crippen LogP contribution < -0.4 is 16.3 Å². The number of rotatable bonds is 4. The first-order valence-corrected chi connectivity index (χ1v) is 11.1. The van der Waals surface area contributed by atoms with Crippen LogP contribution >= 0.6 is 11.6 Å². The molecule has 0 fully saturated rings. The van der Waals surface area contributed by atoms with Crippen LogP contribution in [0.15, 0.2) is 76.7 Å². The molecule has 1 atom stereocenters. The molecule has 0 aliphatic carbocycles. The number of benzene rings is 2. The summed E-state index contributed by atoms with van der Waals surface area (Å²) in [5.41, 5.74) is -1.44. The van der Waals surface area contributed by atoms with Crippen LogP contribution in [-0.2, 0) is 6.18 Å². The Labute approximate surface area is 206 Å². The van der Waals surface area contributed by atoms with Crippen molar-refractivity contribution in [1.29, 1.82) is 0 Å². The molecule has 3 heterocycles. The van der Waals surface area contributed by atoms with Gasteiger partial charge in [0, 0.05) is 23.3 Å². The standard InChI is InChI=1S/C25H17ClF3N5O2/c1-13(33-23-19-17(35)10-11-30-22(19)31-12-32-23)21-20(26)15-8-5-9-16(25(27,28)29)18(15)24(36)34(21)14-6-3-2-4-7-14/h2-13H,1H3,(H2,30,31,32,33,35)/t13-/m0/s1. The molecule has 3 aromatic heterocycles. The van der Waals surface area contributed by atoms with Crippen molar-refractivity contribution >= 4 is 39.2 Å². The molecule has 0 unspecified atom stereocenters. The van der Waals surface area contributed by atoms with E-state index in [1.54, 1.807) is 37.3 Å². The number of H-pyrrole nitrogens is 1. The number of anilines is 1. The van der Waals surface area contributed by atoms with Gasteiger partial charge in [0.1, 0.15) is 23.2 Å². The quantitative estimate of drug-likeness (QED) is 0.334. The Bertz CT molecular complexity index is 1730. The van der Waals surface area contributed by atoms with Crippen molar-refractivity contribution in [3.8, 4) is 5.69 Å². The van der Waals surface area contributed by atoms with Crippen LogP contribution in [-0.4, -0.2) is 19.5 Å². The van der Waals surface area contributed by atoms with E-state index in [2.05, 4.69) is 20.3 Å². The van der Waals surface area contributed by atoms with E-state index in [1.807, 2.05) is 0 Å². The third kappa shape index (κ3) is 3.89. The summed E-state index contributed by atoms with van der Waals surface area (Å²) in [6.45, 7) is 1.67. The lowest BCUT2D eigenvalue weighted by Crippen LogP contribution is -2.28. The van der Waals surface area contributed by atoms with E-state index in [9.17, 15) is 22.8 Å². The molecule has 0 aliphatic heterocycles. The van der Waals surface area contributed by atoms with Crippen LogP contribution in [0.4, 0.5) is 19.0 Å². The molecule has 5 rings (SSSR count). The Morgan fingerprint density at radius 1 is 1.00 bits per heavy atom. The smallest absolute Gasteiger partial charge is 0.361 e. The van der Waals surface area contributed by atoms with Crippen LogP contribution in [0.25, 0.3) is 27.5 Å². The Hall–Kier alpha value is -4.18. The lowest BCUT2D eigenvalue weighted by atomic mass is 10.0. The van der Waals surface area contributed by atoms with Gasteiger partial charge in [0.25, 0.3) is 5.56 Å². The molecule has 5 aromatic rings. The highest BCUT2D eigenvalue weighted by molar-refractivity contribution is 6.36. The van der Waals surface area contributed by atoms with E-state index in [1.165, 1.54) is 30.7 Å². The largest absolute Gasteiger partial charge is 0.417 e. The summed E-state index contributed by atoms with van der Waals surface area (Å²) in [6.07, 6.45) is -2.05. The maximum absolute atomic E-state index is 13.8. The number of fused-ring (bicyclic) bond motifs is 2. The third-order valence-electron chi connectivity index (χ3n) is 5.82. The second-order valence-electron chi connectivity index (χ2n) is 8.06. The van der Waals surface area contributed by atoms with Crippen molar-refractivity contribution in [1.82, 2.24) is 19.5 Å². The lowest BCUT2D eigenvalue weighted by molar-refractivity contribution is -0.136. The van der Waals surface area contributed by atoms with E-state index in [0.29, 0.717) is 11.3 Å². The van der Waals surface area contributed by atoms with Gasteiger partial charge in [0.15, 0.2) is 5.43 Å². The number of alkyl halides is 3. The van der Waals surface area contributed by atoms with Crippen LogP contribution in [0, 0.1) is 0 Å². The Morgan fingerprint density at radius 2 is 1.75 bits per heavy atom. The summed E-state index contributed by atoms with van der Waals surface area (Å²) >= 11 is 6.73. The molecule has 0 radical (unpaired) electrons. The highest BCUT2D eigenvalue weighted by Gasteiger charge is 2.35. The number of aromatic nitrogens is 4. The van der Waals surface area contributed by atoms with Crippen molar-refractivity contribution in [2.75, 3.05) is 5.32 Å². The zero-order valence-corrected chi connectivity index (χ0v) is 19.4. The number of nitrogens with one attached hydrogen (secondary N) is 2. The molecule has 0 amide bonds. The van der Waals surface area contributed by atoms with E-state index in [-0.39, 0.29) is 32.7 Å². The molecular weight excluding hydrogens is 495 g/mol. The molecule has 0 saturated carbocycles. The number of nitrogens with zero attached hydrogens (tertiary/aromatic N) is 3.